The Morgan fingerprint density at radius 1 is 1.12 bits per heavy atom. The summed E-state index contributed by atoms with van der Waals surface area (Å²) < 4.78 is 18.3. The summed E-state index contributed by atoms with van der Waals surface area (Å²) in [5.74, 6) is -1.44. The minimum absolute atomic E-state index is 0.280. The quantitative estimate of drug-likeness (QED) is 0.598. The monoisotopic (exact) mass is 341 g/mol. The Bertz CT molecular complexity index is 769. The fourth-order valence-corrected chi connectivity index (χ4v) is 2.11. The fraction of sp³-hybridized carbons (Fsp3) is 0.200. The zero-order valence-electron chi connectivity index (χ0n) is 14.2. The van der Waals surface area contributed by atoms with Gasteiger partial charge in [-0.15, -0.1) is 0 Å². The average Bonchev–Trinajstić information content (AvgIpc) is 2.60. The fourth-order valence-electron chi connectivity index (χ4n) is 2.11. The van der Waals surface area contributed by atoms with E-state index in [9.17, 15) is 14.0 Å². The largest absolute Gasteiger partial charge is 0.452 e. The molecule has 2 rings (SSSR count). The van der Waals surface area contributed by atoms with Crippen LogP contribution in [0.15, 0.2) is 54.6 Å². The van der Waals surface area contributed by atoms with Gasteiger partial charge in [-0.1, -0.05) is 48.0 Å². The Morgan fingerprint density at radius 3 is 2.48 bits per heavy atom. The molecule has 2 aromatic carbocycles. The lowest BCUT2D eigenvalue weighted by Gasteiger charge is -2.17. The molecule has 0 aliphatic rings. The van der Waals surface area contributed by atoms with Crippen LogP contribution in [0.3, 0.4) is 0 Å². The third kappa shape index (κ3) is 5.88. The van der Waals surface area contributed by atoms with Crippen LogP contribution in [0.5, 0.6) is 0 Å². The molecule has 1 amide bonds. The molecule has 0 spiro atoms. The number of hydrogen-bond acceptors (Lipinski definition) is 3. The zero-order chi connectivity index (χ0) is 18.2. The standard InChI is InChI=1S/C20H20FNO3/c1-15-7-9-16(10-8-15)13-22(2)19(23)14-25-20(24)12-11-17-5-3-4-6-18(17)21/h3-12H,13-14H2,1-2H3/b12-11+. The molecule has 0 unspecified atom stereocenters. The highest BCUT2D eigenvalue weighted by Crippen LogP contribution is 2.08. The van der Waals surface area contributed by atoms with Gasteiger partial charge < -0.3 is 9.64 Å². The van der Waals surface area contributed by atoms with Gasteiger partial charge in [-0.05, 0) is 24.6 Å². The molecule has 0 N–H and O–H groups in total. The van der Waals surface area contributed by atoms with Gasteiger partial charge in [0.2, 0.25) is 0 Å². The Balaban J connectivity index is 1.81. The first-order valence-electron chi connectivity index (χ1n) is 7.84. The minimum Gasteiger partial charge on any atom is -0.452 e. The number of hydrogen-bond donors (Lipinski definition) is 0. The van der Waals surface area contributed by atoms with Crippen molar-refractivity contribution >= 4 is 18.0 Å². The van der Waals surface area contributed by atoms with E-state index in [1.54, 1.807) is 25.2 Å². The van der Waals surface area contributed by atoms with E-state index in [4.69, 9.17) is 4.74 Å². The van der Waals surface area contributed by atoms with Crippen LogP contribution in [0.2, 0.25) is 0 Å². The SMILES string of the molecule is Cc1ccc(CN(C)C(=O)COC(=O)/C=C/c2ccccc2F)cc1. The van der Waals surface area contributed by atoms with Crippen LogP contribution in [-0.4, -0.2) is 30.4 Å². The van der Waals surface area contributed by atoms with E-state index in [-0.39, 0.29) is 18.1 Å². The molecule has 130 valence electrons. The van der Waals surface area contributed by atoms with Crippen molar-refractivity contribution in [1.82, 2.24) is 4.90 Å². The van der Waals surface area contributed by atoms with Crippen molar-refractivity contribution in [3.63, 3.8) is 0 Å². The second-order valence-electron chi connectivity index (χ2n) is 5.70. The molecule has 5 heteroatoms. The lowest BCUT2D eigenvalue weighted by Crippen LogP contribution is -2.30. The van der Waals surface area contributed by atoms with Crippen LogP contribution in [0.1, 0.15) is 16.7 Å². The third-order valence-corrected chi connectivity index (χ3v) is 3.61. The second-order valence-corrected chi connectivity index (χ2v) is 5.70. The van der Waals surface area contributed by atoms with Gasteiger partial charge in [0.25, 0.3) is 5.91 Å². The highest BCUT2D eigenvalue weighted by atomic mass is 19.1. The van der Waals surface area contributed by atoms with E-state index in [0.717, 1.165) is 17.2 Å². The molecule has 25 heavy (non-hydrogen) atoms. The molecule has 0 aromatic heterocycles. The maximum atomic E-state index is 13.4. The Labute approximate surface area is 146 Å². The van der Waals surface area contributed by atoms with Gasteiger partial charge in [0, 0.05) is 25.2 Å². The molecule has 0 heterocycles. The first-order valence-corrected chi connectivity index (χ1v) is 7.84. The molecule has 2 aromatic rings. The number of ether oxygens (including phenoxy) is 1. The summed E-state index contributed by atoms with van der Waals surface area (Å²) in [6, 6.07) is 13.9. The van der Waals surface area contributed by atoms with Gasteiger partial charge in [0.1, 0.15) is 5.82 Å². The van der Waals surface area contributed by atoms with Crippen LogP contribution in [-0.2, 0) is 20.9 Å². The molecule has 0 aliphatic carbocycles. The molecule has 4 nitrogen and oxygen atoms in total. The number of carbonyl (C=O) groups excluding carboxylic acids is 2. The number of aryl methyl sites for hydroxylation is 1. The lowest BCUT2D eigenvalue weighted by atomic mass is 10.1. The van der Waals surface area contributed by atoms with Gasteiger partial charge in [-0.25, -0.2) is 9.18 Å². The van der Waals surface area contributed by atoms with Gasteiger partial charge in [0.05, 0.1) is 0 Å². The lowest BCUT2D eigenvalue weighted by molar-refractivity contribution is -0.147. The van der Waals surface area contributed by atoms with Crippen molar-refractivity contribution < 1.29 is 18.7 Å². The third-order valence-electron chi connectivity index (χ3n) is 3.61. The number of rotatable bonds is 6. The van der Waals surface area contributed by atoms with E-state index in [1.807, 2.05) is 31.2 Å². The molecular formula is C20H20FNO3. The maximum absolute atomic E-state index is 13.4. The average molecular weight is 341 g/mol. The van der Waals surface area contributed by atoms with E-state index >= 15 is 0 Å². The molecule has 0 saturated heterocycles. The smallest absolute Gasteiger partial charge is 0.331 e. The summed E-state index contributed by atoms with van der Waals surface area (Å²) in [4.78, 5) is 25.1. The Hall–Kier alpha value is -2.95. The normalized spacial score (nSPS) is 10.7. The topological polar surface area (TPSA) is 46.6 Å². The van der Waals surface area contributed by atoms with Crippen LogP contribution in [0, 0.1) is 12.7 Å². The minimum atomic E-state index is -0.694. The van der Waals surface area contributed by atoms with E-state index in [2.05, 4.69) is 0 Å². The number of carbonyl (C=O) groups is 2. The molecule has 0 radical (unpaired) electrons. The van der Waals surface area contributed by atoms with Crippen LogP contribution >= 0.6 is 0 Å². The molecule has 0 aliphatic heterocycles. The van der Waals surface area contributed by atoms with Crippen LogP contribution in [0.25, 0.3) is 6.08 Å². The van der Waals surface area contributed by atoms with Gasteiger partial charge >= 0.3 is 5.97 Å². The summed E-state index contributed by atoms with van der Waals surface area (Å²) >= 11 is 0. The van der Waals surface area contributed by atoms with Crippen molar-refractivity contribution in [2.24, 2.45) is 0 Å². The van der Waals surface area contributed by atoms with E-state index in [0.29, 0.717) is 6.54 Å². The summed E-state index contributed by atoms with van der Waals surface area (Å²) in [6.07, 6.45) is 2.42. The molecule has 0 saturated carbocycles. The number of halogens is 1. The van der Waals surface area contributed by atoms with Crippen molar-refractivity contribution in [2.75, 3.05) is 13.7 Å². The first kappa shape index (κ1) is 18.4. The Morgan fingerprint density at radius 2 is 1.80 bits per heavy atom. The molecule has 0 fully saturated rings. The predicted molar refractivity (Wildman–Crippen MR) is 94.0 cm³/mol. The molecule has 0 bridgehead atoms. The summed E-state index contributed by atoms with van der Waals surface area (Å²) in [5, 5.41) is 0. The van der Waals surface area contributed by atoms with Crippen molar-refractivity contribution in [2.45, 2.75) is 13.5 Å². The number of amides is 1. The summed E-state index contributed by atoms with van der Waals surface area (Å²) in [7, 11) is 1.64. The van der Waals surface area contributed by atoms with E-state index in [1.165, 1.54) is 17.0 Å². The maximum Gasteiger partial charge on any atom is 0.331 e. The van der Waals surface area contributed by atoms with Gasteiger partial charge in [0.15, 0.2) is 6.61 Å². The molecular weight excluding hydrogens is 321 g/mol. The van der Waals surface area contributed by atoms with Crippen molar-refractivity contribution in [3.8, 4) is 0 Å². The molecule has 0 atom stereocenters. The predicted octanol–water partition coefficient (Wildman–Crippen LogP) is 3.35. The number of nitrogens with zero attached hydrogens (tertiary/aromatic N) is 1. The highest BCUT2D eigenvalue weighted by molar-refractivity contribution is 5.89. The van der Waals surface area contributed by atoms with Gasteiger partial charge in [-0.3, -0.25) is 4.79 Å². The number of benzene rings is 2. The van der Waals surface area contributed by atoms with E-state index < -0.39 is 11.8 Å². The first-order chi connectivity index (χ1) is 12.0. The van der Waals surface area contributed by atoms with Crippen LogP contribution in [0.4, 0.5) is 4.39 Å². The van der Waals surface area contributed by atoms with Crippen molar-refractivity contribution in [3.05, 3.63) is 77.1 Å². The zero-order valence-corrected chi connectivity index (χ0v) is 14.2. The van der Waals surface area contributed by atoms with Gasteiger partial charge in [-0.2, -0.15) is 0 Å². The van der Waals surface area contributed by atoms with Crippen molar-refractivity contribution in [1.29, 1.82) is 0 Å². The summed E-state index contributed by atoms with van der Waals surface area (Å²) in [6.45, 7) is 2.07. The summed E-state index contributed by atoms with van der Waals surface area (Å²) in [5.41, 5.74) is 2.42. The highest BCUT2D eigenvalue weighted by Gasteiger charge is 2.11. The second kappa shape index (κ2) is 8.78. The Kier molecular flexibility index (Phi) is 6.46. The number of likely N-dealkylation sites (N-methyl/N-ethyl adjacent to an activating group) is 1. The number of esters is 1. The van der Waals surface area contributed by atoms with Crippen LogP contribution < -0.4 is 0 Å².